The topological polar surface area (TPSA) is 55.2 Å². The summed E-state index contributed by atoms with van der Waals surface area (Å²) in [6.45, 7) is 0.529. The molecule has 2 aromatic rings. The molecule has 1 aromatic heterocycles. The van der Waals surface area contributed by atoms with Crippen LogP contribution in [-0.2, 0) is 6.42 Å². The summed E-state index contributed by atoms with van der Waals surface area (Å²) in [5.41, 5.74) is 1.27. The third-order valence-corrected chi connectivity index (χ3v) is 3.20. The fourth-order valence-electron chi connectivity index (χ4n) is 1.59. The second-order valence-electron chi connectivity index (χ2n) is 3.73. The highest BCUT2D eigenvalue weighted by molar-refractivity contribution is 7.07. The van der Waals surface area contributed by atoms with Crippen LogP contribution in [0.2, 0.25) is 0 Å². The molecule has 0 saturated heterocycles. The fraction of sp³-hybridized carbons (Fsp3) is 0.167. The van der Waals surface area contributed by atoms with Gasteiger partial charge in [-0.25, -0.2) is 4.39 Å². The first-order valence-electron chi connectivity index (χ1n) is 5.35. The molecule has 18 heavy (non-hydrogen) atoms. The molecule has 0 aliphatic heterocycles. The number of thiophene rings is 1. The van der Waals surface area contributed by atoms with E-state index in [-0.39, 0.29) is 11.4 Å². The van der Waals surface area contributed by atoms with E-state index < -0.39 is 10.7 Å². The van der Waals surface area contributed by atoms with Crippen molar-refractivity contribution in [3.05, 3.63) is 56.5 Å². The third kappa shape index (κ3) is 3.04. The molecule has 0 aliphatic carbocycles. The molecule has 4 nitrogen and oxygen atoms in total. The minimum absolute atomic E-state index is 0.110. The van der Waals surface area contributed by atoms with Crippen LogP contribution >= 0.6 is 11.3 Å². The van der Waals surface area contributed by atoms with Gasteiger partial charge in [0.25, 0.3) is 5.69 Å². The third-order valence-electron chi connectivity index (χ3n) is 2.46. The summed E-state index contributed by atoms with van der Waals surface area (Å²) in [6.07, 6.45) is 0.747. The quantitative estimate of drug-likeness (QED) is 0.666. The lowest BCUT2D eigenvalue weighted by atomic mass is 10.2. The maximum atomic E-state index is 13.1. The smallest absolute Gasteiger partial charge is 0.292 e. The largest absolute Gasteiger partial charge is 0.379 e. The molecule has 0 saturated carbocycles. The van der Waals surface area contributed by atoms with E-state index in [1.54, 1.807) is 11.3 Å². The molecule has 0 spiro atoms. The SMILES string of the molecule is O=[N+]([O-])c1ccc(F)cc1NCCc1ccsc1. The summed E-state index contributed by atoms with van der Waals surface area (Å²) >= 11 is 1.60. The Kier molecular flexibility index (Phi) is 3.88. The van der Waals surface area contributed by atoms with Gasteiger partial charge >= 0.3 is 0 Å². The molecule has 0 fully saturated rings. The van der Waals surface area contributed by atoms with Crippen LogP contribution in [0.25, 0.3) is 0 Å². The molecule has 0 bridgehead atoms. The summed E-state index contributed by atoms with van der Waals surface area (Å²) in [6, 6.07) is 5.39. The van der Waals surface area contributed by atoms with E-state index in [1.807, 2.05) is 16.8 Å². The maximum Gasteiger partial charge on any atom is 0.292 e. The molecule has 6 heteroatoms. The van der Waals surface area contributed by atoms with Crippen LogP contribution in [0, 0.1) is 15.9 Å². The number of benzene rings is 1. The Morgan fingerprint density at radius 3 is 2.89 bits per heavy atom. The molecule has 0 aliphatic rings. The molecule has 1 heterocycles. The van der Waals surface area contributed by atoms with Crippen LogP contribution in [0.3, 0.4) is 0 Å². The molecule has 94 valence electrons. The van der Waals surface area contributed by atoms with Gasteiger partial charge in [-0.15, -0.1) is 0 Å². The van der Waals surface area contributed by atoms with Crippen molar-refractivity contribution >= 4 is 22.7 Å². The maximum absolute atomic E-state index is 13.1. The van der Waals surface area contributed by atoms with Gasteiger partial charge in [-0.3, -0.25) is 10.1 Å². The Morgan fingerprint density at radius 1 is 1.39 bits per heavy atom. The zero-order valence-electron chi connectivity index (χ0n) is 9.43. The monoisotopic (exact) mass is 266 g/mol. The summed E-state index contributed by atoms with van der Waals surface area (Å²) in [5.74, 6) is -0.487. The lowest BCUT2D eigenvalue weighted by Crippen LogP contribution is -2.06. The van der Waals surface area contributed by atoms with Crippen molar-refractivity contribution in [3.63, 3.8) is 0 Å². The summed E-state index contributed by atoms with van der Waals surface area (Å²) in [4.78, 5) is 10.2. The highest BCUT2D eigenvalue weighted by atomic mass is 32.1. The lowest BCUT2D eigenvalue weighted by Gasteiger charge is -2.06. The summed E-state index contributed by atoms with van der Waals surface area (Å²) in [5, 5.41) is 17.7. The van der Waals surface area contributed by atoms with E-state index in [2.05, 4.69) is 5.32 Å². The molecule has 0 atom stereocenters. The van der Waals surface area contributed by atoms with Crippen molar-refractivity contribution in [1.29, 1.82) is 0 Å². The van der Waals surface area contributed by atoms with E-state index in [4.69, 9.17) is 0 Å². The van der Waals surface area contributed by atoms with E-state index in [0.29, 0.717) is 6.54 Å². The first kappa shape index (κ1) is 12.5. The number of hydrogen-bond donors (Lipinski definition) is 1. The molecular weight excluding hydrogens is 255 g/mol. The van der Waals surface area contributed by atoms with Crippen LogP contribution in [0.1, 0.15) is 5.56 Å². The summed E-state index contributed by atoms with van der Waals surface area (Å²) in [7, 11) is 0. The number of anilines is 1. The van der Waals surface area contributed by atoms with Gasteiger partial charge in [-0.1, -0.05) is 0 Å². The van der Waals surface area contributed by atoms with Crippen molar-refractivity contribution < 1.29 is 9.31 Å². The van der Waals surface area contributed by atoms with E-state index in [9.17, 15) is 14.5 Å². The average molecular weight is 266 g/mol. The Hall–Kier alpha value is -1.95. The van der Waals surface area contributed by atoms with Crippen LogP contribution in [-0.4, -0.2) is 11.5 Å². The first-order chi connectivity index (χ1) is 8.66. The number of nitro groups is 1. The standard InChI is InChI=1S/C12H11FN2O2S/c13-10-1-2-12(15(16)17)11(7-10)14-5-3-9-4-6-18-8-9/h1-2,4,6-8,14H,3,5H2. The Morgan fingerprint density at radius 2 is 2.22 bits per heavy atom. The van der Waals surface area contributed by atoms with Gasteiger partial charge in [0.1, 0.15) is 11.5 Å². The second-order valence-corrected chi connectivity index (χ2v) is 4.51. The van der Waals surface area contributed by atoms with Crippen LogP contribution < -0.4 is 5.32 Å². The molecule has 0 radical (unpaired) electrons. The lowest BCUT2D eigenvalue weighted by molar-refractivity contribution is -0.384. The van der Waals surface area contributed by atoms with Crippen molar-refractivity contribution in [3.8, 4) is 0 Å². The number of nitro benzene ring substituents is 1. The van der Waals surface area contributed by atoms with E-state index >= 15 is 0 Å². The highest BCUT2D eigenvalue weighted by Gasteiger charge is 2.13. The van der Waals surface area contributed by atoms with Gasteiger partial charge in [0, 0.05) is 18.7 Å². The van der Waals surface area contributed by atoms with Gasteiger partial charge in [-0.2, -0.15) is 11.3 Å². The van der Waals surface area contributed by atoms with Crippen LogP contribution in [0.15, 0.2) is 35.0 Å². The Bertz CT molecular complexity index is 543. The zero-order chi connectivity index (χ0) is 13.0. The number of rotatable bonds is 5. The van der Waals surface area contributed by atoms with Gasteiger partial charge in [0.2, 0.25) is 0 Å². The minimum Gasteiger partial charge on any atom is -0.379 e. The Balaban J connectivity index is 2.03. The van der Waals surface area contributed by atoms with E-state index in [0.717, 1.165) is 24.1 Å². The van der Waals surface area contributed by atoms with E-state index in [1.165, 1.54) is 6.07 Å². The zero-order valence-corrected chi connectivity index (χ0v) is 10.2. The van der Waals surface area contributed by atoms with Gasteiger partial charge in [-0.05, 0) is 34.9 Å². The van der Waals surface area contributed by atoms with Crippen molar-refractivity contribution in [2.75, 3.05) is 11.9 Å². The predicted molar refractivity (Wildman–Crippen MR) is 69.6 cm³/mol. The normalized spacial score (nSPS) is 10.3. The molecule has 2 rings (SSSR count). The number of nitrogens with one attached hydrogen (secondary N) is 1. The second kappa shape index (κ2) is 5.59. The fourth-order valence-corrected chi connectivity index (χ4v) is 2.29. The molecular formula is C12H11FN2O2S. The number of halogens is 1. The van der Waals surface area contributed by atoms with Crippen LogP contribution in [0.4, 0.5) is 15.8 Å². The van der Waals surface area contributed by atoms with Gasteiger partial charge in [0.05, 0.1) is 4.92 Å². The molecule has 0 amide bonds. The van der Waals surface area contributed by atoms with Crippen molar-refractivity contribution in [1.82, 2.24) is 0 Å². The Labute approximate surface area is 107 Å². The summed E-state index contributed by atoms with van der Waals surface area (Å²) < 4.78 is 13.1. The number of hydrogen-bond acceptors (Lipinski definition) is 4. The molecule has 1 N–H and O–H groups in total. The van der Waals surface area contributed by atoms with Crippen molar-refractivity contribution in [2.24, 2.45) is 0 Å². The molecule has 0 unspecified atom stereocenters. The van der Waals surface area contributed by atoms with Crippen molar-refractivity contribution in [2.45, 2.75) is 6.42 Å². The molecule has 1 aromatic carbocycles. The van der Waals surface area contributed by atoms with Gasteiger partial charge < -0.3 is 5.32 Å². The number of nitrogens with zero attached hydrogens (tertiary/aromatic N) is 1. The van der Waals surface area contributed by atoms with Gasteiger partial charge in [0.15, 0.2) is 0 Å². The average Bonchev–Trinajstić information content (AvgIpc) is 2.82. The highest BCUT2D eigenvalue weighted by Crippen LogP contribution is 2.24. The van der Waals surface area contributed by atoms with Crippen LogP contribution in [0.5, 0.6) is 0 Å². The first-order valence-corrected chi connectivity index (χ1v) is 6.30. The predicted octanol–water partition coefficient (Wildman–Crippen LogP) is 3.45. The minimum atomic E-state index is -0.521.